The molecule has 0 unspecified atom stereocenters. The first-order chi connectivity index (χ1) is 17.5. The molecule has 2 aliphatic rings. The van der Waals surface area contributed by atoms with Crippen LogP contribution in [0.3, 0.4) is 0 Å². The Morgan fingerprint density at radius 2 is 1.83 bits per heavy atom. The molecule has 10 heteroatoms. The average Bonchev–Trinajstić information content (AvgIpc) is 3.50. The smallest absolute Gasteiger partial charge is 0.318 e. The third kappa shape index (κ3) is 4.34. The van der Waals surface area contributed by atoms with Crippen LogP contribution < -0.4 is 10.6 Å². The summed E-state index contributed by atoms with van der Waals surface area (Å²) in [7, 11) is 0. The lowest BCUT2D eigenvalue weighted by Gasteiger charge is -2.32. The average molecular weight is 490 g/mol. The topological polar surface area (TPSA) is 98.8 Å². The molecule has 1 saturated carbocycles. The first kappa shape index (κ1) is 22.4. The largest absolute Gasteiger partial charge is 0.365 e. The highest BCUT2D eigenvalue weighted by Crippen LogP contribution is 2.29. The standard InChI is InChI=1S/C26H25F2N7O/c27-17-8-20-21(11-30-23(20)29-10-17)24-31-12-22(28)25(34-24)32-18-6-3-7-19(9-18)33-26(36)35-13-15-4-1-2-5-16(15)14-35/h1-2,4-5,8,10-12,18-19H,3,6-7,9,13-14H2,(H,29,30)(H,33,36)(H,31,32,34)/t18-,19+/m1/s1. The number of aromatic amines is 1. The quantitative estimate of drug-likeness (QED) is 0.384. The lowest BCUT2D eigenvalue weighted by atomic mass is 9.91. The second kappa shape index (κ2) is 9.18. The van der Waals surface area contributed by atoms with E-state index in [0.717, 1.165) is 31.7 Å². The molecule has 2 amide bonds. The van der Waals surface area contributed by atoms with Crippen LogP contribution in [0.1, 0.15) is 36.8 Å². The van der Waals surface area contributed by atoms with E-state index in [9.17, 15) is 13.6 Å². The molecule has 1 aliphatic carbocycles. The highest BCUT2D eigenvalue weighted by molar-refractivity contribution is 5.91. The van der Waals surface area contributed by atoms with Crippen molar-refractivity contribution in [2.75, 3.05) is 5.32 Å². The van der Waals surface area contributed by atoms with Crippen LogP contribution in [0.25, 0.3) is 22.4 Å². The van der Waals surface area contributed by atoms with Gasteiger partial charge in [-0.25, -0.2) is 28.5 Å². The Kier molecular flexibility index (Phi) is 5.71. The van der Waals surface area contributed by atoms with Gasteiger partial charge in [-0.05, 0) is 42.9 Å². The maximum atomic E-state index is 14.6. The normalized spacial score (nSPS) is 19.3. The number of carbonyl (C=O) groups excluding carboxylic acids is 1. The molecule has 4 aromatic rings. The number of anilines is 1. The van der Waals surface area contributed by atoms with Crippen LogP contribution in [0, 0.1) is 11.6 Å². The number of urea groups is 1. The Morgan fingerprint density at radius 1 is 1.06 bits per heavy atom. The number of carbonyl (C=O) groups is 1. The van der Waals surface area contributed by atoms with Crippen LogP contribution in [0.5, 0.6) is 0 Å². The number of rotatable bonds is 4. The van der Waals surface area contributed by atoms with Crippen LogP contribution in [0.4, 0.5) is 19.4 Å². The van der Waals surface area contributed by atoms with Crippen LogP contribution in [-0.4, -0.2) is 43.0 Å². The molecule has 0 radical (unpaired) electrons. The van der Waals surface area contributed by atoms with Gasteiger partial charge in [-0.2, -0.15) is 0 Å². The molecule has 1 aromatic carbocycles. The maximum Gasteiger partial charge on any atom is 0.318 e. The molecule has 2 atom stereocenters. The van der Waals surface area contributed by atoms with Crippen LogP contribution in [-0.2, 0) is 13.1 Å². The summed E-state index contributed by atoms with van der Waals surface area (Å²) in [6.45, 7) is 1.22. The molecular formula is C26H25F2N7O. The Bertz CT molecular complexity index is 1410. The van der Waals surface area contributed by atoms with Crippen molar-refractivity contribution in [2.45, 2.75) is 50.9 Å². The molecule has 1 aliphatic heterocycles. The highest BCUT2D eigenvalue weighted by atomic mass is 19.1. The molecule has 1 fully saturated rings. The predicted molar refractivity (Wildman–Crippen MR) is 131 cm³/mol. The summed E-state index contributed by atoms with van der Waals surface area (Å²) in [5.41, 5.74) is 3.40. The summed E-state index contributed by atoms with van der Waals surface area (Å²) >= 11 is 0. The van der Waals surface area contributed by atoms with E-state index < -0.39 is 11.6 Å². The van der Waals surface area contributed by atoms with Crippen LogP contribution in [0.15, 0.2) is 48.9 Å². The van der Waals surface area contributed by atoms with Crippen molar-refractivity contribution < 1.29 is 13.6 Å². The minimum absolute atomic E-state index is 0.0144. The minimum atomic E-state index is -0.566. The fraction of sp³-hybridized carbons (Fsp3) is 0.308. The molecule has 4 heterocycles. The van der Waals surface area contributed by atoms with E-state index in [4.69, 9.17) is 0 Å². The number of benzene rings is 1. The number of halogens is 2. The number of nitrogens with zero attached hydrogens (tertiary/aromatic N) is 4. The van der Waals surface area contributed by atoms with Gasteiger partial charge >= 0.3 is 6.03 Å². The van der Waals surface area contributed by atoms with Crippen LogP contribution >= 0.6 is 0 Å². The number of aromatic nitrogens is 4. The number of hydrogen-bond acceptors (Lipinski definition) is 5. The summed E-state index contributed by atoms with van der Waals surface area (Å²) < 4.78 is 28.4. The summed E-state index contributed by atoms with van der Waals surface area (Å²) in [5.74, 6) is -0.682. The number of amides is 2. The number of H-pyrrole nitrogens is 1. The zero-order chi connectivity index (χ0) is 24.6. The van der Waals surface area contributed by atoms with Gasteiger partial charge < -0.3 is 20.5 Å². The van der Waals surface area contributed by atoms with Crippen molar-refractivity contribution in [3.63, 3.8) is 0 Å². The van der Waals surface area contributed by atoms with Crippen molar-refractivity contribution in [3.05, 3.63) is 71.7 Å². The lowest BCUT2D eigenvalue weighted by molar-refractivity contribution is 0.189. The van der Waals surface area contributed by atoms with Gasteiger partial charge in [-0.1, -0.05) is 24.3 Å². The van der Waals surface area contributed by atoms with Gasteiger partial charge in [-0.15, -0.1) is 0 Å². The Hall–Kier alpha value is -4.08. The summed E-state index contributed by atoms with van der Waals surface area (Å²) in [6, 6.07) is 9.28. The van der Waals surface area contributed by atoms with E-state index in [1.165, 1.54) is 17.2 Å². The van der Waals surface area contributed by atoms with E-state index >= 15 is 0 Å². The van der Waals surface area contributed by atoms with Gasteiger partial charge in [0.05, 0.1) is 12.4 Å². The third-order valence-corrected chi connectivity index (χ3v) is 6.95. The van der Waals surface area contributed by atoms with Gasteiger partial charge in [0.2, 0.25) is 0 Å². The predicted octanol–water partition coefficient (Wildman–Crippen LogP) is 4.75. The lowest BCUT2D eigenvalue weighted by Crippen LogP contribution is -2.46. The molecule has 8 nitrogen and oxygen atoms in total. The zero-order valence-electron chi connectivity index (χ0n) is 19.5. The monoisotopic (exact) mass is 489 g/mol. The molecule has 0 bridgehead atoms. The third-order valence-electron chi connectivity index (χ3n) is 6.95. The van der Waals surface area contributed by atoms with Crippen molar-refractivity contribution >= 4 is 22.9 Å². The number of hydrogen-bond donors (Lipinski definition) is 3. The molecule has 0 saturated heterocycles. The number of nitrogens with one attached hydrogen (secondary N) is 3. The van der Waals surface area contributed by atoms with Gasteiger partial charge in [-0.3, -0.25) is 0 Å². The molecular weight excluding hydrogens is 464 g/mol. The second-order valence-electron chi connectivity index (χ2n) is 9.42. The summed E-state index contributed by atoms with van der Waals surface area (Å²) in [5, 5.41) is 6.89. The fourth-order valence-electron chi connectivity index (χ4n) is 5.15. The van der Waals surface area contributed by atoms with Crippen molar-refractivity contribution in [1.82, 2.24) is 30.2 Å². The minimum Gasteiger partial charge on any atom is -0.365 e. The van der Waals surface area contributed by atoms with E-state index in [0.29, 0.717) is 36.1 Å². The zero-order valence-corrected chi connectivity index (χ0v) is 19.5. The van der Waals surface area contributed by atoms with Gasteiger partial charge in [0.25, 0.3) is 0 Å². The van der Waals surface area contributed by atoms with Gasteiger partial charge in [0, 0.05) is 42.3 Å². The van der Waals surface area contributed by atoms with Gasteiger partial charge in [0.15, 0.2) is 17.5 Å². The van der Waals surface area contributed by atoms with E-state index in [1.807, 2.05) is 17.0 Å². The molecule has 3 N–H and O–H groups in total. The Labute approximate surface area is 206 Å². The molecule has 3 aromatic heterocycles. The number of pyridine rings is 1. The Morgan fingerprint density at radius 3 is 2.64 bits per heavy atom. The van der Waals surface area contributed by atoms with Crippen molar-refractivity contribution in [1.29, 1.82) is 0 Å². The second-order valence-corrected chi connectivity index (χ2v) is 9.42. The summed E-state index contributed by atoms with van der Waals surface area (Å²) in [6.07, 6.45) is 7.14. The SMILES string of the molecule is O=C(N[C@H]1CCC[C@@H](Nc2nc(-c3c[nH]c4ncc(F)cc34)ncc2F)C1)N1Cc2ccccc2C1. The number of fused-ring (bicyclic) bond motifs is 2. The van der Waals surface area contributed by atoms with Crippen LogP contribution in [0.2, 0.25) is 0 Å². The summed E-state index contributed by atoms with van der Waals surface area (Å²) in [4.78, 5) is 30.2. The first-order valence-corrected chi connectivity index (χ1v) is 12.1. The molecule has 184 valence electrons. The molecule has 0 spiro atoms. The Balaban J connectivity index is 1.13. The van der Waals surface area contributed by atoms with Crippen molar-refractivity contribution in [3.8, 4) is 11.4 Å². The van der Waals surface area contributed by atoms with E-state index in [2.05, 4.69) is 42.7 Å². The molecule has 6 rings (SSSR count). The van der Waals surface area contributed by atoms with Gasteiger partial charge in [0.1, 0.15) is 11.5 Å². The fourth-order valence-corrected chi connectivity index (χ4v) is 5.15. The molecule has 36 heavy (non-hydrogen) atoms. The van der Waals surface area contributed by atoms with Crippen molar-refractivity contribution in [2.24, 2.45) is 0 Å². The first-order valence-electron chi connectivity index (χ1n) is 12.1. The maximum absolute atomic E-state index is 14.6. The van der Waals surface area contributed by atoms with E-state index in [-0.39, 0.29) is 29.8 Å². The highest BCUT2D eigenvalue weighted by Gasteiger charge is 2.28. The van der Waals surface area contributed by atoms with E-state index in [1.54, 1.807) is 6.20 Å².